The number of aryl methyl sites for hydroxylation is 2. The summed E-state index contributed by atoms with van der Waals surface area (Å²) in [4.78, 5) is 4.48. The van der Waals surface area contributed by atoms with Gasteiger partial charge in [-0.1, -0.05) is 13.8 Å². The van der Waals surface area contributed by atoms with Crippen LogP contribution in [0, 0.1) is 6.92 Å². The molecule has 0 N–H and O–H groups in total. The van der Waals surface area contributed by atoms with E-state index in [2.05, 4.69) is 30.0 Å². The van der Waals surface area contributed by atoms with Gasteiger partial charge in [0, 0.05) is 18.1 Å². The Labute approximate surface area is 83.8 Å². The maximum atomic E-state index is 4.48. The number of hydrogen-bond donors (Lipinski definition) is 0. The number of hydrogen-bond acceptors (Lipinski definition) is 2. The average molecular weight is 189 g/mol. The minimum atomic E-state index is 0.517. The summed E-state index contributed by atoms with van der Waals surface area (Å²) in [6.45, 7) is 6.42. The topological polar surface area (TPSA) is 30.7 Å². The third-order valence-electron chi connectivity index (χ3n) is 2.49. The lowest BCUT2D eigenvalue weighted by Gasteiger charge is -2.07. The predicted molar refractivity (Wildman–Crippen MR) is 57.3 cm³/mol. The van der Waals surface area contributed by atoms with Crippen molar-refractivity contribution < 1.29 is 0 Å². The predicted octanol–water partition coefficient (Wildman–Crippen LogP) is 2.40. The van der Waals surface area contributed by atoms with Gasteiger partial charge in [-0.15, -0.1) is 0 Å². The molecule has 0 radical (unpaired) electrons. The molecule has 2 aromatic rings. The maximum Gasteiger partial charge on any atom is 0.157 e. The van der Waals surface area contributed by atoms with E-state index in [4.69, 9.17) is 0 Å². The minimum absolute atomic E-state index is 0.517. The van der Waals surface area contributed by atoms with Gasteiger partial charge in [0.25, 0.3) is 0 Å². The third-order valence-corrected chi connectivity index (χ3v) is 2.49. The van der Waals surface area contributed by atoms with Crippen LogP contribution in [0.25, 0.3) is 11.0 Å². The molecule has 0 saturated carbocycles. The Morgan fingerprint density at radius 3 is 2.71 bits per heavy atom. The zero-order valence-corrected chi connectivity index (χ0v) is 9.07. The molecule has 0 aliphatic carbocycles. The van der Waals surface area contributed by atoms with Crippen molar-refractivity contribution in [2.45, 2.75) is 26.7 Å². The summed E-state index contributed by atoms with van der Waals surface area (Å²) in [5, 5.41) is 5.41. The van der Waals surface area contributed by atoms with Gasteiger partial charge in [0.05, 0.1) is 6.20 Å². The van der Waals surface area contributed by atoms with Gasteiger partial charge in [-0.2, -0.15) is 5.10 Å². The summed E-state index contributed by atoms with van der Waals surface area (Å²) in [6, 6.07) is 2.15. The normalized spacial score (nSPS) is 11.5. The molecular formula is C11H15N3. The first kappa shape index (κ1) is 9.19. The van der Waals surface area contributed by atoms with Crippen LogP contribution in [0.5, 0.6) is 0 Å². The van der Waals surface area contributed by atoms with E-state index < -0.39 is 0 Å². The standard InChI is InChI=1S/C11H15N3/c1-7(2)9-5-8(3)13-11-10(9)6-12-14(11)4/h5-7H,1-4H3. The van der Waals surface area contributed by atoms with E-state index in [1.165, 1.54) is 10.9 Å². The lowest BCUT2D eigenvalue weighted by molar-refractivity contribution is 0.784. The number of pyridine rings is 1. The Balaban J connectivity index is 2.82. The molecule has 74 valence electrons. The Morgan fingerprint density at radius 2 is 2.07 bits per heavy atom. The Hall–Kier alpha value is -1.38. The van der Waals surface area contributed by atoms with Gasteiger partial charge in [-0.3, -0.25) is 4.68 Å². The van der Waals surface area contributed by atoms with Crippen LogP contribution in [0.3, 0.4) is 0 Å². The van der Waals surface area contributed by atoms with Crippen LogP contribution >= 0.6 is 0 Å². The zero-order valence-electron chi connectivity index (χ0n) is 9.07. The highest BCUT2D eigenvalue weighted by Crippen LogP contribution is 2.24. The molecule has 0 bridgehead atoms. The molecule has 0 spiro atoms. The third kappa shape index (κ3) is 1.29. The molecule has 0 atom stereocenters. The van der Waals surface area contributed by atoms with Crippen molar-refractivity contribution >= 4 is 11.0 Å². The Morgan fingerprint density at radius 1 is 1.36 bits per heavy atom. The highest BCUT2D eigenvalue weighted by molar-refractivity contribution is 5.79. The Bertz CT molecular complexity index is 469. The first-order valence-electron chi connectivity index (χ1n) is 4.89. The molecule has 0 saturated heterocycles. The molecule has 0 aliphatic heterocycles. The molecule has 3 heteroatoms. The first-order valence-corrected chi connectivity index (χ1v) is 4.89. The molecule has 0 aliphatic rings. The van der Waals surface area contributed by atoms with E-state index >= 15 is 0 Å². The van der Waals surface area contributed by atoms with Crippen molar-refractivity contribution in [3.63, 3.8) is 0 Å². The van der Waals surface area contributed by atoms with Gasteiger partial charge in [-0.05, 0) is 24.5 Å². The summed E-state index contributed by atoms with van der Waals surface area (Å²) < 4.78 is 1.83. The average Bonchev–Trinajstić information content (AvgIpc) is 2.47. The fourth-order valence-corrected chi connectivity index (χ4v) is 1.75. The van der Waals surface area contributed by atoms with Gasteiger partial charge in [-0.25, -0.2) is 4.98 Å². The number of nitrogens with zero attached hydrogens (tertiary/aromatic N) is 3. The van der Waals surface area contributed by atoms with Crippen molar-refractivity contribution in [3.8, 4) is 0 Å². The Kier molecular flexibility index (Phi) is 2.02. The second-order valence-corrected chi connectivity index (χ2v) is 4.01. The largest absolute Gasteiger partial charge is 0.250 e. The molecule has 0 amide bonds. The van der Waals surface area contributed by atoms with Gasteiger partial charge in [0.2, 0.25) is 0 Å². The number of fused-ring (bicyclic) bond motifs is 1. The van der Waals surface area contributed by atoms with Crippen molar-refractivity contribution in [1.29, 1.82) is 0 Å². The van der Waals surface area contributed by atoms with Gasteiger partial charge >= 0.3 is 0 Å². The molecule has 0 aromatic carbocycles. The van der Waals surface area contributed by atoms with Crippen LogP contribution in [0.4, 0.5) is 0 Å². The maximum absolute atomic E-state index is 4.48. The first-order chi connectivity index (χ1) is 6.59. The zero-order chi connectivity index (χ0) is 10.3. The smallest absolute Gasteiger partial charge is 0.157 e. The van der Waals surface area contributed by atoms with E-state index in [-0.39, 0.29) is 0 Å². The molecule has 0 fully saturated rings. The minimum Gasteiger partial charge on any atom is -0.250 e. The lowest BCUT2D eigenvalue weighted by Crippen LogP contribution is -1.96. The van der Waals surface area contributed by atoms with Crippen LogP contribution < -0.4 is 0 Å². The molecule has 2 aromatic heterocycles. The van der Waals surface area contributed by atoms with Gasteiger partial charge in [0.1, 0.15) is 0 Å². The van der Waals surface area contributed by atoms with E-state index in [1.54, 1.807) is 0 Å². The van der Waals surface area contributed by atoms with Crippen molar-refractivity contribution in [3.05, 3.63) is 23.5 Å². The number of rotatable bonds is 1. The second-order valence-electron chi connectivity index (χ2n) is 4.01. The quantitative estimate of drug-likeness (QED) is 0.689. The summed E-state index contributed by atoms with van der Waals surface area (Å²) in [6.07, 6.45) is 1.90. The fraction of sp³-hybridized carbons (Fsp3) is 0.455. The van der Waals surface area contributed by atoms with Crippen molar-refractivity contribution in [2.75, 3.05) is 0 Å². The summed E-state index contributed by atoms with van der Waals surface area (Å²) in [5.74, 6) is 0.517. The van der Waals surface area contributed by atoms with Crippen molar-refractivity contribution in [2.24, 2.45) is 7.05 Å². The molecule has 0 unspecified atom stereocenters. The fourth-order valence-electron chi connectivity index (χ4n) is 1.75. The van der Waals surface area contributed by atoms with Crippen LogP contribution in [0.1, 0.15) is 31.0 Å². The van der Waals surface area contributed by atoms with Crippen LogP contribution in [-0.4, -0.2) is 14.8 Å². The lowest BCUT2D eigenvalue weighted by atomic mass is 10.0. The number of aromatic nitrogens is 3. The summed E-state index contributed by atoms with van der Waals surface area (Å²) in [7, 11) is 1.93. The van der Waals surface area contributed by atoms with E-state index in [1.807, 2.05) is 24.9 Å². The summed E-state index contributed by atoms with van der Waals surface area (Å²) in [5.41, 5.74) is 3.37. The van der Waals surface area contributed by atoms with Crippen LogP contribution in [0.2, 0.25) is 0 Å². The highest BCUT2D eigenvalue weighted by Gasteiger charge is 2.10. The SMILES string of the molecule is Cc1cc(C(C)C)c2cnn(C)c2n1. The summed E-state index contributed by atoms with van der Waals surface area (Å²) >= 11 is 0. The van der Waals surface area contributed by atoms with Gasteiger partial charge in [0.15, 0.2) is 5.65 Å². The van der Waals surface area contributed by atoms with Crippen molar-refractivity contribution in [1.82, 2.24) is 14.8 Å². The molecule has 2 rings (SSSR count). The molecule has 2 heterocycles. The van der Waals surface area contributed by atoms with Gasteiger partial charge < -0.3 is 0 Å². The second kappa shape index (κ2) is 3.08. The van der Waals surface area contributed by atoms with E-state index in [0.29, 0.717) is 5.92 Å². The van der Waals surface area contributed by atoms with E-state index in [0.717, 1.165) is 11.3 Å². The van der Waals surface area contributed by atoms with Crippen LogP contribution in [-0.2, 0) is 7.05 Å². The monoisotopic (exact) mass is 189 g/mol. The molecule has 3 nitrogen and oxygen atoms in total. The van der Waals surface area contributed by atoms with E-state index in [9.17, 15) is 0 Å². The highest BCUT2D eigenvalue weighted by atomic mass is 15.3. The van der Waals surface area contributed by atoms with Crippen LogP contribution in [0.15, 0.2) is 12.3 Å². The molecular weight excluding hydrogens is 174 g/mol. The molecule has 14 heavy (non-hydrogen) atoms.